The summed E-state index contributed by atoms with van der Waals surface area (Å²) in [5, 5.41) is 4.44. The van der Waals surface area contributed by atoms with E-state index in [1.165, 1.54) is 10.9 Å². The molecule has 1 atom stereocenters. The number of aromatic nitrogens is 3. The van der Waals surface area contributed by atoms with Crippen LogP contribution in [0.5, 0.6) is 0 Å². The van der Waals surface area contributed by atoms with E-state index in [1.807, 2.05) is 30.3 Å². The molecule has 0 radical (unpaired) electrons. The number of H-pyrrole nitrogens is 2. The summed E-state index contributed by atoms with van der Waals surface area (Å²) in [7, 11) is 0. The number of nitrogens with one attached hydrogen (secondary N) is 3. The Morgan fingerprint density at radius 1 is 1.14 bits per heavy atom. The highest BCUT2D eigenvalue weighted by Gasteiger charge is 2.18. The molecule has 29 heavy (non-hydrogen) atoms. The zero-order valence-corrected chi connectivity index (χ0v) is 17.4. The Labute approximate surface area is 174 Å². The molecule has 0 aliphatic carbocycles. The van der Waals surface area contributed by atoms with Gasteiger partial charge in [-0.15, -0.1) is 0 Å². The fourth-order valence-electron chi connectivity index (χ4n) is 3.69. The highest BCUT2D eigenvalue weighted by atomic mass is 32.2. The SMILES string of the molecule is CSCCC(NC(=O)CCCc1c[nH]c2ccccc12)c1nc2ccccc2[nH]1. The molecule has 2 aromatic carbocycles. The number of carbonyl (C=O) groups is 1. The van der Waals surface area contributed by atoms with E-state index in [-0.39, 0.29) is 11.9 Å². The molecule has 0 aliphatic heterocycles. The molecule has 2 aromatic heterocycles. The van der Waals surface area contributed by atoms with Gasteiger partial charge in [-0.05, 0) is 55.0 Å². The molecule has 6 heteroatoms. The third-order valence-electron chi connectivity index (χ3n) is 5.21. The van der Waals surface area contributed by atoms with Crippen LogP contribution in [0.4, 0.5) is 0 Å². The number of carbonyl (C=O) groups excluding carboxylic acids is 1. The van der Waals surface area contributed by atoms with Gasteiger partial charge in [0.05, 0.1) is 17.1 Å². The van der Waals surface area contributed by atoms with Crippen LogP contribution in [0, 0.1) is 0 Å². The maximum absolute atomic E-state index is 12.6. The molecule has 0 aliphatic rings. The predicted molar refractivity (Wildman–Crippen MR) is 121 cm³/mol. The number of imidazole rings is 1. The van der Waals surface area contributed by atoms with E-state index < -0.39 is 0 Å². The van der Waals surface area contributed by atoms with Crippen molar-refractivity contribution in [2.75, 3.05) is 12.0 Å². The van der Waals surface area contributed by atoms with Crippen molar-refractivity contribution in [2.24, 2.45) is 0 Å². The summed E-state index contributed by atoms with van der Waals surface area (Å²) >= 11 is 1.78. The van der Waals surface area contributed by atoms with Crippen LogP contribution >= 0.6 is 11.8 Å². The first-order valence-electron chi connectivity index (χ1n) is 10.0. The predicted octanol–water partition coefficient (Wildman–Crippen LogP) is 4.98. The Morgan fingerprint density at radius 3 is 2.76 bits per heavy atom. The first-order valence-corrected chi connectivity index (χ1v) is 11.4. The van der Waals surface area contributed by atoms with E-state index in [9.17, 15) is 4.79 Å². The van der Waals surface area contributed by atoms with E-state index in [1.54, 1.807) is 11.8 Å². The topological polar surface area (TPSA) is 73.6 Å². The summed E-state index contributed by atoms with van der Waals surface area (Å²) in [5.41, 5.74) is 4.36. The Hall–Kier alpha value is -2.73. The number of amides is 1. The summed E-state index contributed by atoms with van der Waals surface area (Å²) in [6, 6.07) is 16.2. The molecular weight excluding hydrogens is 380 g/mol. The molecule has 4 rings (SSSR count). The van der Waals surface area contributed by atoms with Crippen LogP contribution < -0.4 is 5.32 Å². The second-order valence-corrected chi connectivity index (χ2v) is 8.24. The van der Waals surface area contributed by atoms with Crippen molar-refractivity contribution in [3.8, 4) is 0 Å². The summed E-state index contributed by atoms with van der Waals surface area (Å²) < 4.78 is 0. The first-order chi connectivity index (χ1) is 14.2. The second kappa shape index (κ2) is 9.18. The third kappa shape index (κ3) is 4.65. The zero-order valence-electron chi connectivity index (χ0n) is 16.6. The Kier molecular flexibility index (Phi) is 6.20. The van der Waals surface area contributed by atoms with Gasteiger partial charge in [-0.3, -0.25) is 4.79 Å². The molecule has 0 saturated heterocycles. The lowest BCUT2D eigenvalue weighted by Gasteiger charge is -2.16. The van der Waals surface area contributed by atoms with Crippen molar-refractivity contribution in [3.05, 3.63) is 66.1 Å². The molecule has 150 valence electrons. The van der Waals surface area contributed by atoms with E-state index in [4.69, 9.17) is 4.98 Å². The number of thioether (sulfide) groups is 1. The van der Waals surface area contributed by atoms with E-state index in [0.29, 0.717) is 6.42 Å². The Morgan fingerprint density at radius 2 is 1.93 bits per heavy atom. The van der Waals surface area contributed by atoms with Crippen molar-refractivity contribution < 1.29 is 4.79 Å². The number of nitrogens with zero attached hydrogens (tertiary/aromatic N) is 1. The fraction of sp³-hybridized carbons (Fsp3) is 0.304. The number of aryl methyl sites for hydroxylation is 1. The minimum Gasteiger partial charge on any atom is -0.361 e. The first kappa shape index (κ1) is 19.6. The van der Waals surface area contributed by atoms with Gasteiger partial charge in [0.25, 0.3) is 0 Å². The van der Waals surface area contributed by atoms with E-state index in [2.05, 4.69) is 45.9 Å². The maximum Gasteiger partial charge on any atom is 0.220 e. The fourth-order valence-corrected chi connectivity index (χ4v) is 4.17. The van der Waals surface area contributed by atoms with Crippen LogP contribution in [0.3, 0.4) is 0 Å². The van der Waals surface area contributed by atoms with Crippen LogP contribution in [0.25, 0.3) is 21.9 Å². The maximum atomic E-state index is 12.6. The molecule has 0 saturated carbocycles. The summed E-state index contributed by atoms with van der Waals surface area (Å²) in [6.45, 7) is 0. The second-order valence-electron chi connectivity index (χ2n) is 7.25. The highest BCUT2D eigenvalue weighted by molar-refractivity contribution is 7.98. The van der Waals surface area contributed by atoms with Crippen LogP contribution in [0.1, 0.15) is 36.7 Å². The monoisotopic (exact) mass is 406 g/mol. The molecule has 0 bridgehead atoms. The lowest BCUT2D eigenvalue weighted by Crippen LogP contribution is -2.29. The van der Waals surface area contributed by atoms with Gasteiger partial charge in [0, 0.05) is 23.5 Å². The van der Waals surface area contributed by atoms with Gasteiger partial charge in [0.15, 0.2) is 0 Å². The molecule has 4 aromatic rings. The average Bonchev–Trinajstić information content (AvgIpc) is 3.35. The van der Waals surface area contributed by atoms with Crippen LogP contribution in [-0.4, -0.2) is 32.9 Å². The molecular formula is C23H26N4OS. The third-order valence-corrected chi connectivity index (χ3v) is 5.85. The minimum absolute atomic E-state index is 0.0800. The molecule has 0 spiro atoms. The van der Waals surface area contributed by atoms with Crippen LogP contribution in [0.2, 0.25) is 0 Å². The van der Waals surface area contributed by atoms with Crippen molar-refractivity contribution in [2.45, 2.75) is 31.7 Å². The smallest absolute Gasteiger partial charge is 0.220 e. The van der Waals surface area contributed by atoms with Gasteiger partial charge >= 0.3 is 0 Å². The molecule has 2 heterocycles. The molecule has 5 nitrogen and oxygen atoms in total. The molecule has 1 amide bonds. The van der Waals surface area contributed by atoms with Gasteiger partial charge in [-0.25, -0.2) is 4.98 Å². The Balaban J connectivity index is 1.37. The molecule has 3 N–H and O–H groups in total. The van der Waals surface area contributed by atoms with Crippen LogP contribution in [0.15, 0.2) is 54.7 Å². The zero-order chi connectivity index (χ0) is 20.1. The van der Waals surface area contributed by atoms with Crippen molar-refractivity contribution >= 4 is 39.6 Å². The summed E-state index contributed by atoms with van der Waals surface area (Å²) in [5.74, 6) is 1.89. The lowest BCUT2D eigenvalue weighted by molar-refractivity contribution is -0.122. The molecule has 0 fully saturated rings. The number of fused-ring (bicyclic) bond motifs is 2. The van der Waals surface area contributed by atoms with Gasteiger partial charge in [0.1, 0.15) is 5.82 Å². The van der Waals surface area contributed by atoms with E-state index >= 15 is 0 Å². The number of rotatable bonds is 9. The largest absolute Gasteiger partial charge is 0.361 e. The summed E-state index contributed by atoms with van der Waals surface area (Å²) in [4.78, 5) is 24.0. The standard InChI is InChI=1S/C23H26N4OS/c1-29-14-13-21(23-26-19-10-4-5-11-20(19)27-23)25-22(28)12-6-7-16-15-24-18-9-3-2-8-17(16)18/h2-5,8-11,15,21,24H,6-7,12-14H2,1H3,(H,25,28)(H,26,27). The number of benzene rings is 2. The van der Waals surface area contributed by atoms with Gasteiger partial charge < -0.3 is 15.3 Å². The van der Waals surface area contributed by atoms with Gasteiger partial charge in [-0.2, -0.15) is 11.8 Å². The number of aromatic amines is 2. The normalized spacial score (nSPS) is 12.4. The minimum atomic E-state index is -0.0876. The summed E-state index contributed by atoms with van der Waals surface area (Å²) in [6.07, 6.45) is 7.21. The Bertz CT molecular complexity index is 1070. The quantitative estimate of drug-likeness (QED) is 0.367. The van der Waals surface area contributed by atoms with Crippen LogP contribution in [-0.2, 0) is 11.2 Å². The number of hydrogen-bond acceptors (Lipinski definition) is 3. The average molecular weight is 407 g/mol. The highest BCUT2D eigenvalue weighted by Crippen LogP contribution is 2.21. The van der Waals surface area contributed by atoms with Gasteiger partial charge in [0.2, 0.25) is 5.91 Å². The number of hydrogen-bond donors (Lipinski definition) is 3. The van der Waals surface area contributed by atoms with Crippen molar-refractivity contribution in [1.29, 1.82) is 0 Å². The van der Waals surface area contributed by atoms with Gasteiger partial charge in [-0.1, -0.05) is 30.3 Å². The number of para-hydroxylation sites is 3. The lowest BCUT2D eigenvalue weighted by atomic mass is 10.1. The van der Waals surface area contributed by atoms with Crippen molar-refractivity contribution in [1.82, 2.24) is 20.3 Å². The van der Waals surface area contributed by atoms with E-state index in [0.717, 1.165) is 47.4 Å². The van der Waals surface area contributed by atoms with Crippen molar-refractivity contribution in [3.63, 3.8) is 0 Å². The molecule has 1 unspecified atom stereocenters.